The molecule has 0 aromatic heterocycles. The Morgan fingerprint density at radius 3 is 2.38 bits per heavy atom. The summed E-state index contributed by atoms with van der Waals surface area (Å²) in [5.41, 5.74) is 0. The number of hydrogen-bond acceptors (Lipinski definition) is 3. The summed E-state index contributed by atoms with van der Waals surface area (Å²) in [4.78, 5) is 12.9. The van der Waals surface area contributed by atoms with E-state index in [2.05, 4.69) is 0 Å². The van der Waals surface area contributed by atoms with E-state index in [1.54, 1.807) is 0 Å². The SMILES string of the molecule is CCCCC(=O)N1CC(O)C(O)C1. The maximum Gasteiger partial charge on any atom is 0.222 e. The van der Waals surface area contributed by atoms with E-state index in [-0.39, 0.29) is 19.0 Å². The molecule has 4 nitrogen and oxygen atoms in total. The first-order valence-electron chi connectivity index (χ1n) is 4.79. The lowest BCUT2D eigenvalue weighted by Gasteiger charge is -2.14. The van der Waals surface area contributed by atoms with E-state index < -0.39 is 12.2 Å². The Bertz CT molecular complexity index is 174. The lowest BCUT2D eigenvalue weighted by molar-refractivity contribution is -0.130. The van der Waals surface area contributed by atoms with Crippen LogP contribution in [-0.4, -0.2) is 46.3 Å². The lowest BCUT2D eigenvalue weighted by Crippen LogP contribution is -2.29. The van der Waals surface area contributed by atoms with Crippen LogP contribution in [0.25, 0.3) is 0 Å². The van der Waals surface area contributed by atoms with Gasteiger partial charge in [0, 0.05) is 19.5 Å². The van der Waals surface area contributed by atoms with Gasteiger partial charge in [0.1, 0.15) is 0 Å². The molecule has 0 bridgehead atoms. The van der Waals surface area contributed by atoms with Crippen LogP contribution in [0.4, 0.5) is 0 Å². The van der Waals surface area contributed by atoms with Crippen molar-refractivity contribution in [2.45, 2.75) is 38.4 Å². The van der Waals surface area contributed by atoms with E-state index in [1.807, 2.05) is 6.92 Å². The first-order valence-corrected chi connectivity index (χ1v) is 4.79. The quantitative estimate of drug-likeness (QED) is 0.640. The third-order valence-electron chi connectivity index (χ3n) is 2.36. The third kappa shape index (κ3) is 2.67. The zero-order chi connectivity index (χ0) is 9.84. The number of unbranched alkanes of at least 4 members (excludes halogenated alkanes) is 1. The fourth-order valence-corrected chi connectivity index (χ4v) is 1.46. The number of aliphatic hydroxyl groups is 2. The zero-order valence-corrected chi connectivity index (χ0v) is 7.94. The van der Waals surface area contributed by atoms with Crippen LogP contribution in [-0.2, 0) is 4.79 Å². The number of nitrogens with zero attached hydrogens (tertiary/aromatic N) is 1. The Kier molecular flexibility index (Phi) is 3.69. The first-order chi connectivity index (χ1) is 6.15. The molecule has 1 heterocycles. The molecule has 0 radical (unpaired) electrons. The van der Waals surface area contributed by atoms with Gasteiger partial charge in [-0.1, -0.05) is 13.3 Å². The highest BCUT2D eigenvalue weighted by atomic mass is 16.3. The Morgan fingerprint density at radius 1 is 1.38 bits per heavy atom. The van der Waals surface area contributed by atoms with Gasteiger partial charge in [-0.15, -0.1) is 0 Å². The van der Waals surface area contributed by atoms with Crippen LogP contribution >= 0.6 is 0 Å². The molecule has 0 saturated carbocycles. The van der Waals surface area contributed by atoms with Gasteiger partial charge in [0.25, 0.3) is 0 Å². The molecule has 0 aliphatic carbocycles. The van der Waals surface area contributed by atoms with Crippen molar-refractivity contribution in [2.75, 3.05) is 13.1 Å². The van der Waals surface area contributed by atoms with Crippen molar-refractivity contribution in [3.63, 3.8) is 0 Å². The molecule has 1 aliphatic heterocycles. The molecule has 2 unspecified atom stereocenters. The van der Waals surface area contributed by atoms with Gasteiger partial charge in [0.2, 0.25) is 5.91 Å². The number of rotatable bonds is 3. The Labute approximate surface area is 78.2 Å². The Morgan fingerprint density at radius 2 is 1.92 bits per heavy atom. The highest BCUT2D eigenvalue weighted by molar-refractivity contribution is 5.76. The molecule has 1 rings (SSSR count). The number of amides is 1. The number of carbonyl (C=O) groups is 1. The Hall–Kier alpha value is -0.610. The van der Waals surface area contributed by atoms with Crippen molar-refractivity contribution in [3.8, 4) is 0 Å². The van der Waals surface area contributed by atoms with Crippen molar-refractivity contribution in [1.29, 1.82) is 0 Å². The maximum absolute atomic E-state index is 11.4. The summed E-state index contributed by atoms with van der Waals surface area (Å²) in [6.45, 7) is 2.59. The van der Waals surface area contributed by atoms with Crippen LogP contribution < -0.4 is 0 Å². The first kappa shape index (κ1) is 10.5. The molecular weight excluding hydrogens is 170 g/mol. The molecule has 2 N–H and O–H groups in total. The van der Waals surface area contributed by atoms with Gasteiger partial charge in [-0.3, -0.25) is 4.79 Å². The summed E-state index contributed by atoms with van der Waals surface area (Å²) in [5, 5.41) is 18.4. The normalized spacial score (nSPS) is 28.1. The smallest absolute Gasteiger partial charge is 0.222 e. The van der Waals surface area contributed by atoms with Crippen molar-refractivity contribution < 1.29 is 15.0 Å². The van der Waals surface area contributed by atoms with E-state index in [4.69, 9.17) is 0 Å². The van der Waals surface area contributed by atoms with Crippen LogP contribution in [0.15, 0.2) is 0 Å². The molecule has 1 saturated heterocycles. The van der Waals surface area contributed by atoms with Crippen LogP contribution in [0.2, 0.25) is 0 Å². The van der Waals surface area contributed by atoms with E-state index in [9.17, 15) is 15.0 Å². The van der Waals surface area contributed by atoms with E-state index in [1.165, 1.54) is 4.90 Å². The number of hydrogen-bond donors (Lipinski definition) is 2. The summed E-state index contributed by atoms with van der Waals surface area (Å²) < 4.78 is 0. The minimum Gasteiger partial charge on any atom is -0.388 e. The Balaban J connectivity index is 2.33. The monoisotopic (exact) mass is 187 g/mol. The maximum atomic E-state index is 11.4. The second-order valence-corrected chi connectivity index (χ2v) is 3.54. The summed E-state index contributed by atoms with van der Waals surface area (Å²) in [5.74, 6) is 0.0393. The van der Waals surface area contributed by atoms with Crippen molar-refractivity contribution in [3.05, 3.63) is 0 Å². The summed E-state index contributed by atoms with van der Waals surface area (Å²) >= 11 is 0. The molecule has 1 aliphatic rings. The van der Waals surface area contributed by atoms with Crippen molar-refractivity contribution >= 4 is 5.91 Å². The predicted molar refractivity (Wildman–Crippen MR) is 48.1 cm³/mol. The van der Waals surface area contributed by atoms with E-state index in [0.717, 1.165) is 12.8 Å². The molecule has 1 amide bonds. The number of likely N-dealkylation sites (tertiary alicyclic amines) is 1. The van der Waals surface area contributed by atoms with Crippen LogP contribution in [0.1, 0.15) is 26.2 Å². The zero-order valence-electron chi connectivity index (χ0n) is 7.94. The topological polar surface area (TPSA) is 60.8 Å². The molecule has 0 aromatic rings. The molecular formula is C9H17NO3. The van der Waals surface area contributed by atoms with Gasteiger partial charge >= 0.3 is 0 Å². The predicted octanol–water partition coefficient (Wildman–Crippen LogP) is -0.259. The van der Waals surface area contributed by atoms with Gasteiger partial charge in [0.15, 0.2) is 0 Å². The number of aliphatic hydroxyl groups excluding tert-OH is 2. The lowest BCUT2D eigenvalue weighted by atomic mass is 10.2. The summed E-state index contributed by atoms with van der Waals surface area (Å²) in [6, 6.07) is 0. The second-order valence-electron chi connectivity index (χ2n) is 3.54. The van der Waals surface area contributed by atoms with Gasteiger partial charge in [-0.05, 0) is 6.42 Å². The highest BCUT2D eigenvalue weighted by Gasteiger charge is 2.31. The number of carbonyl (C=O) groups excluding carboxylic acids is 1. The van der Waals surface area contributed by atoms with Crippen molar-refractivity contribution in [1.82, 2.24) is 4.90 Å². The molecule has 0 spiro atoms. The largest absolute Gasteiger partial charge is 0.388 e. The fraction of sp³-hybridized carbons (Fsp3) is 0.889. The second kappa shape index (κ2) is 4.58. The molecule has 2 atom stereocenters. The third-order valence-corrected chi connectivity index (χ3v) is 2.36. The fourth-order valence-electron chi connectivity index (χ4n) is 1.46. The van der Waals surface area contributed by atoms with E-state index in [0.29, 0.717) is 6.42 Å². The minimum absolute atomic E-state index is 0.0393. The van der Waals surface area contributed by atoms with Gasteiger partial charge in [-0.25, -0.2) is 0 Å². The van der Waals surface area contributed by atoms with Gasteiger partial charge < -0.3 is 15.1 Å². The van der Waals surface area contributed by atoms with E-state index >= 15 is 0 Å². The number of β-amino-alcohol motifs (C(OH)–C–C–N with tert-alkyl or cyclic N) is 2. The summed E-state index contributed by atoms with van der Waals surface area (Å²) in [6.07, 6.45) is 0.874. The molecule has 0 aromatic carbocycles. The molecule has 13 heavy (non-hydrogen) atoms. The molecule has 76 valence electrons. The van der Waals surface area contributed by atoms with Gasteiger partial charge in [-0.2, -0.15) is 0 Å². The summed E-state index contributed by atoms with van der Waals surface area (Å²) in [7, 11) is 0. The van der Waals surface area contributed by atoms with Crippen LogP contribution in [0.5, 0.6) is 0 Å². The molecule has 1 fully saturated rings. The molecule has 4 heteroatoms. The van der Waals surface area contributed by atoms with Crippen molar-refractivity contribution in [2.24, 2.45) is 0 Å². The average molecular weight is 187 g/mol. The standard InChI is InChI=1S/C9H17NO3/c1-2-3-4-9(13)10-5-7(11)8(12)6-10/h7-8,11-12H,2-6H2,1H3. The highest BCUT2D eigenvalue weighted by Crippen LogP contribution is 2.12. The van der Waals surface area contributed by atoms with Crippen LogP contribution in [0.3, 0.4) is 0 Å². The van der Waals surface area contributed by atoms with Gasteiger partial charge in [0.05, 0.1) is 12.2 Å². The minimum atomic E-state index is -0.759. The van der Waals surface area contributed by atoms with Crippen LogP contribution in [0, 0.1) is 0 Å². The average Bonchev–Trinajstić information content (AvgIpc) is 2.43.